The molecule has 0 radical (unpaired) electrons. The minimum atomic E-state index is 0.540. The molecule has 0 spiro atoms. The third kappa shape index (κ3) is 6.14. The minimum absolute atomic E-state index is 0.540. The SMILES string of the molecule is Cc1c2c(c(C)c3c1C3)CC(C)(CCCC(C)CCCC(C)CCCC(C)C)CC2. The molecule has 1 aromatic carbocycles. The van der Waals surface area contributed by atoms with Crippen LogP contribution in [0.5, 0.6) is 0 Å². The van der Waals surface area contributed by atoms with Crippen LogP contribution in [0.4, 0.5) is 0 Å². The van der Waals surface area contributed by atoms with Crippen molar-refractivity contribution in [2.45, 2.75) is 132 Å². The maximum atomic E-state index is 2.58. The molecule has 0 saturated carbocycles. The fourth-order valence-electron chi connectivity index (χ4n) is 6.26. The van der Waals surface area contributed by atoms with Crippen LogP contribution >= 0.6 is 0 Å². The van der Waals surface area contributed by atoms with Gasteiger partial charge in [-0.15, -0.1) is 0 Å². The van der Waals surface area contributed by atoms with Crippen molar-refractivity contribution >= 4 is 0 Å². The molecule has 0 amide bonds. The standard InChI is InChI=1S/C30H50/c1-21(2)11-8-12-22(3)13-9-14-23(4)15-10-17-30(7)18-16-26-24(5)27-19-28(27)25(6)29(26)20-30/h21-23H,8-20H2,1-7H3. The van der Waals surface area contributed by atoms with E-state index in [-0.39, 0.29) is 0 Å². The molecule has 3 unspecified atom stereocenters. The topological polar surface area (TPSA) is 0 Å². The summed E-state index contributed by atoms with van der Waals surface area (Å²) in [6, 6.07) is 0. The van der Waals surface area contributed by atoms with Gasteiger partial charge in [0.15, 0.2) is 0 Å². The second kappa shape index (κ2) is 10.2. The van der Waals surface area contributed by atoms with Crippen molar-refractivity contribution in [2.24, 2.45) is 23.2 Å². The molecule has 3 rings (SSSR count). The fourth-order valence-corrected chi connectivity index (χ4v) is 6.26. The van der Waals surface area contributed by atoms with Crippen molar-refractivity contribution in [3.8, 4) is 0 Å². The fraction of sp³-hybridized carbons (Fsp3) is 0.800. The van der Waals surface area contributed by atoms with Crippen molar-refractivity contribution in [3.05, 3.63) is 33.4 Å². The molecule has 0 heteroatoms. The Kier molecular flexibility index (Phi) is 8.14. The molecule has 1 aromatic rings. The summed E-state index contributed by atoms with van der Waals surface area (Å²) in [5.41, 5.74) is 10.7. The Morgan fingerprint density at radius 3 is 1.83 bits per heavy atom. The zero-order chi connectivity index (χ0) is 21.9. The van der Waals surface area contributed by atoms with Crippen molar-refractivity contribution < 1.29 is 0 Å². The summed E-state index contributed by atoms with van der Waals surface area (Å²) in [6.45, 7) is 17.1. The summed E-state index contributed by atoms with van der Waals surface area (Å²) in [7, 11) is 0. The van der Waals surface area contributed by atoms with E-state index in [1.54, 1.807) is 33.4 Å². The largest absolute Gasteiger partial charge is 0.0628 e. The molecule has 0 fully saturated rings. The lowest BCUT2D eigenvalue weighted by Gasteiger charge is -2.37. The summed E-state index contributed by atoms with van der Waals surface area (Å²) in [6.07, 6.45) is 18.3. The highest BCUT2D eigenvalue weighted by molar-refractivity contribution is 5.62. The first kappa shape index (κ1) is 23.9. The van der Waals surface area contributed by atoms with E-state index in [1.807, 2.05) is 0 Å². The van der Waals surface area contributed by atoms with Gasteiger partial charge in [-0.1, -0.05) is 86.0 Å². The lowest BCUT2D eigenvalue weighted by molar-refractivity contribution is 0.238. The summed E-state index contributed by atoms with van der Waals surface area (Å²) in [4.78, 5) is 0. The van der Waals surface area contributed by atoms with Crippen LogP contribution in [0.25, 0.3) is 0 Å². The van der Waals surface area contributed by atoms with Crippen LogP contribution < -0.4 is 0 Å². The number of fused-ring (bicyclic) bond motifs is 2. The summed E-state index contributed by atoms with van der Waals surface area (Å²) >= 11 is 0. The van der Waals surface area contributed by atoms with E-state index in [4.69, 9.17) is 0 Å². The molecule has 3 atom stereocenters. The van der Waals surface area contributed by atoms with E-state index in [1.165, 1.54) is 83.5 Å². The maximum Gasteiger partial charge on any atom is -0.00144 e. The number of hydrogen-bond donors (Lipinski definition) is 0. The normalized spacial score (nSPS) is 22.0. The van der Waals surface area contributed by atoms with Gasteiger partial charge in [0.2, 0.25) is 0 Å². The lowest BCUT2D eigenvalue weighted by Crippen LogP contribution is -2.27. The van der Waals surface area contributed by atoms with Gasteiger partial charge in [-0.3, -0.25) is 0 Å². The van der Waals surface area contributed by atoms with Gasteiger partial charge >= 0.3 is 0 Å². The Bertz CT molecular complexity index is 709. The maximum absolute atomic E-state index is 2.58. The summed E-state index contributed by atoms with van der Waals surface area (Å²) < 4.78 is 0. The highest BCUT2D eigenvalue weighted by atomic mass is 14.4. The third-order valence-corrected chi connectivity index (χ3v) is 8.70. The van der Waals surface area contributed by atoms with Gasteiger partial charge in [-0.05, 0) is 103 Å². The Morgan fingerprint density at radius 2 is 1.23 bits per heavy atom. The van der Waals surface area contributed by atoms with Crippen LogP contribution in [-0.2, 0) is 19.3 Å². The van der Waals surface area contributed by atoms with Gasteiger partial charge in [-0.25, -0.2) is 0 Å². The Morgan fingerprint density at radius 1 is 0.700 bits per heavy atom. The molecular formula is C30H50. The van der Waals surface area contributed by atoms with Crippen LogP contribution in [-0.4, -0.2) is 0 Å². The highest BCUT2D eigenvalue weighted by Crippen LogP contribution is 2.47. The van der Waals surface area contributed by atoms with Crippen molar-refractivity contribution in [1.82, 2.24) is 0 Å². The first-order chi connectivity index (χ1) is 14.2. The molecule has 0 aromatic heterocycles. The molecule has 0 nitrogen and oxygen atoms in total. The van der Waals surface area contributed by atoms with E-state index < -0.39 is 0 Å². The average Bonchev–Trinajstić information content (AvgIpc) is 3.47. The van der Waals surface area contributed by atoms with Crippen molar-refractivity contribution in [1.29, 1.82) is 0 Å². The first-order valence-corrected chi connectivity index (χ1v) is 13.3. The van der Waals surface area contributed by atoms with Gasteiger partial charge in [0.1, 0.15) is 0 Å². The molecule has 0 aliphatic heterocycles. The molecular weight excluding hydrogens is 360 g/mol. The molecule has 0 saturated heterocycles. The monoisotopic (exact) mass is 410 g/mol. The van der Waals surface area contributed by atoms with Crippen molar-refractivity contribution in [3.63, 3.8) is 0 Å². The summed E-state index contributed by atoms with van der Waals surface area (Å²) in [5, 5.41) is 0. The lowest BCUT2D eigenvalue weighted by atomic mass is 9.68. The molecule has 0 bridgehead atoms. The molecule has 30 heavy (non-hydrogen) atoms. The molecule has 0 N–H and O–H groups in total. The summed E-state index contributed by atoms with van der Waals surface area (Å²) in [5.74, 6) is 2.71. The number of hydrogen-bond acceptors (Lipinski definition) is 0. The molecule has 0 heterocycles. The highest BCUT2D eigenvalue weighted by Gasteiger charge is 2.35. The van der Waals surface area contributed by atoms with Crippen LogP contribution in [0.15, 0.2) is 0 Å². The second-order valence-electron chi connectivity index (χ2n) is 12.2. The van der Waals surface area contributed by atoms with E-state index in [9.17, 15) is 0 Å². The number of benzene rings is 1. The zero-order valence-corrected chi connectivity index (χ0v) is 21.4. The Hall–Kier alpha value is -0.780. The van der Waals surface area contributed by atoms with Gasteiger partial charge in [0, 0.05) is 0 Å². The second-order valence-corrected chi connectivity index (χ2v) is 12.2. The smallest absolute Gasteiger partial charge is 0.00144 e. The van der Waals surface area contributed by atoms with E-state index >= 15 is 0 Å². The van der Waals surface area contributed by atoms with Crippen LogP contribution in [0.2, 0.25) is 0 Å². The predicted molar refractivity (Wildman–Crippen MR) is 134 cm³/mol. The third-order valence-electron chi connectivity index (χ3n) is 8.70. The predicted octanol–water partition coefficient (Wildman–Crippen LogP) is 9.14. The van der Waals surface area contributed by atoms with E-state index in [0.29, 0.717) is 5.41 Å². The Labute approximate surface area is 188 Å². The molecule has 2 aliphatic rings. The zero-order valence-electron chi connectivity index (χ0n) is 21.4. The molecule has 170 valence electrons. The van der Waals surface area contributed by atoms with Gasteiger partial charge in [-0.2, -0.15) is 0 Å². The van der Waals surface area contributed by atoms with Crippen molar-refractivity contribution in [2.75, 3.05) is 0 Å². The minimum Gasteiger partial charge on any atom is -0.0628 e. The van der Waals surface area contributed by atoms with Crippen LogP contribution in [0, 0.1) is 37.0 Å². The van der Waals surface area contributed by atoms with Crippen LogP contribution in [0.3, 0.4) is 0 Å². The molecule has 2 aliphatic carbocycles. The first-order valence-electron chi connectivity index (χ1n) is 13.3. The van der Waals surface area contributed by atoms with Gasteiger partial charge in [0.05, 0.1) is 0 Å². The van der Waals surface area contributed by atoms with E-state index in [0.717, 1.165) is 17.8 Å². The quantitative estimate of drug-likeness (QED) is 0.327. The van der Waals surface area contributed by atoms with Gasteiger partial charge < -0.3 is 0 Å². The Balaban J connectivity index is 1.35. The van der Waals surface area contributed by atoms with E-state index in [2.05, 4.69) is 48.5 Å². The average molecular weight is 411 g/mol. The van der Waals surface area contributed by atoms with Crippen LogP contribution in [0.1, 0.15) is 132 Å². The number of rotatable bonds is 12. The van der Waals surface area contributed by atoms with Gasteiger partial charge in [0.25, 0.3) is 0 Å².